The number of carbonyl (C=O) groups is 1. The zero-order chi connectivity index (χ0) is 15.5. The molecular weight excluding hydrogens is 276 g/mol. The number of hydrogen-bond donors (Lipinski definition) is 2. The number of amides is 1. The topological polar surface area (TPSA) is 61.0 Å². The highest BCUT2D eigenvalue weighted by Crippen LogP contribution is 2.25. The summed E-state index contributed by atoms with van der Waals surface area (Å²) in [5.74, 6) is 0.697. The smallest absolute Gasteiger partial charge is 0.272 e. The van der Waals surface area contributed by atoms with E-state index in [9.17, 15) is 4.79 Å². The molecule has 118 valence electrons. The van der Waals surface area contributed by atoms with Crippen LogP contribution in [0.2, 0.25) is 0 Å². The number of para-hydroxylation sites is 1. The van der Waals surface area contributed by atoms with Crippen LogP contribution in [-0.4, -0.2) is 47.7 Å². The SMILES string of the molecule is CN(C)CC1CCC(NC(=O)c2n[nH]c3ccccc23)CC1. The Balaban J connectivity index is 1.59. The standard InChI is InChI=1S/C17H24N4O/c1-21(2)11-12-7-9-13(10-8-12)18-17(22)16-14-5-3-4-6-15(14)19-20-16/h3-6,12-13H,7-11H2,1-2H3,(H,18,22)(H,19,20). The van der Waals surface area contributed by atoms with Crippen LogP contribution in [0.4, 0.5) is 0 Å². The summed E-state index contributed by atoms with van der Waals surface area (Å²) in [6, 6.07) is 8.02. The molecular formula is C17H24N4O. The Labute approximate surface area is 131 Å². The fourth-order valence-corrected chi connectivity index (χ4v) is 3.40. The van der Waals surface area contributed by atoms with Crippen LogP contribution in [0, 0.1) is 5.92 Å². The lowest BCUT2D eigenvalue weighted by Gasteiger charge is -2.30. The van der Waals surface area contributed by atoms with Crippen molar-refractivity contribution in [3.05, 3.63) is 30.0 Å². The molecule has 1 aromatic heterocycles. The summed E-state index contributed by atoms with van der Waals surface area (Å²) in [7, 11) is 4.24. The molecule has 0 atom stereocenters. The van der Waals surface area contributed by atoms with Crippen molar-refractivity contribution in [1.29, 1.82) is 0 Å². The van der Waals surface area contributed by atoms with E-state index in [1.165, 1.54) is 12.8 Å². The number of benzene rings is 1. The highest BCUT2D eigenvalue weighted by molar-refractivity contribution is 6.04. The van der Waals surface area contributed by atoms with Crippen molar-refractivity contribution >= 4 is 16.8 Å². The molecule has 1 aromatic carbocycles. The van der Waals surface area contributed by atoms with Gasteiger partial charge in [0.05, 0.1) is 5.52 Å². The van der Waals surface area contributed by atoms with Crippen molar-refractivity contribution in [2.75, 3.05) is 20.6 Å². The molecule has 5 nitrogen and oxygen atoms in total. The summed E-state index contributed by atoms with van der Waals surface area (Å²) in [4.78, 5) is 14.7. The summed E-state index contributed by atoms with van der Waals surface area (Å²) < 4.78 is 0. The molecule has 0 unspecified atom stereocenters. The van der Waals surface area contributed by atoms with Crippen molar-refractivity contribution in [1.82, 2.24) is 20.4 Å². The van der Waals surface area contributed by atoms with Gasteiger partial charge in [-0.1, -0.05) is 18.2 Å². The Bertz CT molecular complexity index is 641. The first kappa shape index (κ1) is 15.0. The molecule has 0 radical (unpaired) electrons. The quantitative estimate of drug-likeness (QED) is 0.911. The zero-order valence-electron chi connectivity index (χ0n) is 13.3. The van der Waals surface area contributed by atoms with E-state index in [1.54, 1.807) is 0 Å². The van der Waals surface area contributed by atoms with Crippen molar-refractivity contribution in [3.8, 4) is 0 Å². The highest BCUT2D eigenvalue weighted by Gasteiger charge is 2.24. The van der Waals surface area contributed by atoms with Crippen molar-refractivity contribution < 1.29 is 4.79 Å². The summed E-state index contributed by atoms with van der Waals surface area (Å²) in [5, 5.41) is 11.1. The molecule has 3 rings (SSSR count). The molecule has 0 bridgehead atoms. The van der Waals surface area contributed by atoms with Gasteiger partial charge in [-0.05, 0) is 51.8 Å². The van der Waals surface area contributed by atoms with E-state index < -0.39 is 0 Å². The van der Waals surface area contributed by atoms with Crippen LogP contribution in [0.3, 0.4) is 0 Å². The van der Waals surface area contributed by atoms with E-state index in [0.717, 1.165) is 36.2 Å². The van der Waals surface area contributed by atoms with Gasteiger partial charge in [0, 0.05) is 18.0 Å². The Morgan fingerprint density at radius 3 is 2.73 bits per heavy atom. The lowest BCUT2D eigenvalue weighted by molar-refractivity contribution is 0.0915. The second kappa shape index (κ2) is 6.48. The average molecular weight is 300 g/mol. The van der Waals surface area contributed by atoms with Gasteiger partial charge in [0.25, 0.3) is 5.91 Å². The van der Waals surface area contributed by atoms with Crippen molar-refractivity contribution in [3.63, 3.8) is 0 Å². The van der Waals surface area contributed by atoms with Gasteiger partial charge in [-0.15, -0.1) is 0 Å². The number of hydrogen-bond acceptors (Lipinski definition) is 3. The normalized spacial score (nSPS) is 22.1. The third-order valence-electron chi connectivity index (χ3n) is 4.49. The Kier molecular flexibility index (Phi) is 4.43. The molecule has 1 amide bonds. The molecule has 2 aromatic rings. The maximum absolute atomic E-state index is 12.4. The summed E-state index contributed by atoms with van der Waals surface area (Å²) >= 11 is 0. The fourth-order valence-electron chi connectivity index (χ4n) is 3.40. The number of nitrogens with one attached hydrogen (secondary N) is 2. The Morgan fingerprint density at radius 1 is 1.27 bits per heavy atom. The lowest BCUT2D eigenvalue weighted by Crippen LogP contribution is -2.39. The van der Waals surface area contributed by atoms with Gasteiger partial charge in [-0.25, -0.2) is 0 Å². The lowest BCUT2D eigenvalue weighted by atomic mass is 9.85. The minimum atomic E-state index is -0.0616. The van der Waals surface area contributed by atoms with Crippen molar-refractivity contribution in [2.45, 2.75) is 31.7 Å². The molecule has 1 fully saturated rings. The van der Waals surface area contributed by atoms with Gasteiger partial charge in [0.1, 0.15) is 0 Å². The molecule has 5 heteroatoms. The molecule has 0 saturated heterocycles. The molecule has 1 saturated carbocycles. The minimum absolute atomic E-state index is 0.0616. The molecule has 0 spiro atoms. The molecule has 22 heavy (non-hydrogen) atoms. The van der Waals surface area contributed by atoms with Gasteiger partial charge in [-0.3, -0.25) is 9.89 Å². The van der Waals surface area contributed by atoms with Gasteiger partial charge >= 0.3 is 0 Å². The van der Waals surface area contributed by atoms with Gasteiger partial charge < -0.3 is 10.2 Å². The number of carbonyl (C=O) groups excluding carboxylic acids is 1. The molecule has 1 heterocycles. The van der Waals surface area contributed by atoms with E-state index in [-0.39, 0.29) is 11.9 Å². The van der Waals surface area contributed by atoms with Crippen molar-refractivity contribution in [2.24, 2.45) is 5.92 Å². The van der Waals surface area contributed by atoms with E-state index in [2.05, 4.69) is 34.5 Å². The summed E-state index contributed by atoms with van der Waals surface area (Å²) in [5.41, 5.74) is 1.41. The van der Waals surface area contributed by atoms with Gasteiger partial charge in [0.2, 0.25) is 0 Å². The number of rotatable bonds is 4. The van der Waals surface area contributed by atoms with E-state index in [4.69, 9.17) is 0 Å². The van der Waals surface area contributed by atoms with Crippen LogP contribution in [0.1, 0.15) is 36.2 Å². The van der Waals surface area contributed by atoms with Crippen LogP contribution in [0.5, 0.6) is 0 Å². The van der Waals surface area contributed by atoms with Crippen LogP contribution < -0.4 is 5.32 Å². The predicted molar refractivity (Wildman–Crippen MR) is 87.9 cm³/mol. The number of aromatic nitrogens is 2. The Hall–Kier alpha value is -1.88. The fraction of sp³-hybridized carbons (Fsp3) is 0.529. The van der Waals surface area contributed by atoms with Crippen LogP contribution in [0.25, 0.3) is 10.9 Å². The highest BCUT2D eigenvalue weighted by atomic mass is 16.2. The van der Waals surface area contributed by atoms with E-state index in [1.807, 2.05) is 24.3 Å². The predicted octanol–water partition coefficient (Wildman–Crippen LogP) is 2.41. The van der Waals surface area contributed by atoms with Crippen LogP contribution in [0.15, 0.2) is 24.3 Å². The third kappa shape index (κ3) is 3.30. The largest absolute Gasteiger partial charge is 0.348 e. The average Bonchev–Trinajstić information content (AvgIpc) is 2.93. The first-order valence-electron chi connectivity index (χ1n) is 8.02. The number of fused-ring (bicyclic) bond motifs is 1. The zero-order valence-corrected chi connectivity index (χ0v) is 13.3. The number of aromatic amines is 1. The molecule has 2 N–H and O–H groups in total. The third-order valence-corrected chi connectivity index (χ3v) is 4.49. The summed E-state index contributed by atoms with van der Waals surface area (Å²) in [6.07, 6.45) is 4.49. The second-order valence-corrected chi connectivity index (χ2v) is 6.57. The first-order valence-corrected chi connectivity index (χ1v) is 8.02. The summed E-state index contributed by atoms with van der Waals surface area (Å²) in [6.45, 7) is 1.14. The molecule has 1 aliphatic rings. The van der Waals surface area contributed by atoms with Crippen LogP contribution in [-0.2, 0) is 0 Å². The molecule has 1 aliphatic carbocycles. The van der Waals surface area contributed by atoms with Gasteiger partial charge in [-0.2, -0.15) is 5.10 Å². The Morgan fingerprint density at radius 2 is 2.00 bits per heavy atom. The minimum Gasteiger partial charge on any atom is -0.348 e. The maximum Gasteiger partial charge on any atom is 0.272 e. The van der Waals surface area contributed by atoms with Gasteiger partial charge in [0.15, 0.2) is 5.69 Å². The molecule has 0 aliphatic heterocycles. The van der Waals surface area contributed by atoms with Crippen LogP contribution >= 0.6 is 0 Å². The van der Waals surface area contributed by atoms with E-state index in [0.29, 0.717) is 5.69 Å². The first-order chi connectivity index (χ1) is 10.6. The van der Waals surface area contributed by atoms with E-state index >= 15 is 0 Å². The second-order valence-electron chi connectivity index (χ2n) is 6.57. The number of H-pyrrole nitrogens is 1. The number of nitrogens with zero attached hydrogens (tertiary/aromatic N) is 2. The monoisotopic (exact) mass is 300 g/mol. The maximum atomic E-state index is 12.4.